The molecule has 0 atom stereocenters. The molecule has 2 aromatic carbocycles. The number of halogens is 1. The first-order chi connectivity index (χ1) is 12.7. The lowest BCUT2D eigenvalue weighted by Gasteiger charge is -2.11. The Morgan fingerprint density at radius 2 is 1.59 bits per heavy atom. The van der Waals surface area contributed by atoms with Crippen LogP contribution in [0, 0.1) is 0 Å². The second-order valence-corrected chi connectivity index (χ2v) is 8.29. The van der Waals surface area contributed by atoms with Crippen molar-refractivity contribution in [2.24, 2.45) is 0 Å². The fraction of sp³-hybridized carbons (Fsp3) is 0.263. The van der Waals surface area contributed by atoms with Crippen LogP contribution in [0.15, 0.2) is 47.4 Å². The van der Waals surface area contributed by atoms with Crippen molar-refractivity contribution in [2.45, 2.75) is 31.6 Å². The van der Waals surface area contributed by atoms with Crippen molar-refractivity contribution in [3.63, 3.8) is 0 Å². The molecule has 0 N–H and O–H groups in total. The first-order valence-electron chi connectivity index (χ1n) is 8.22. The van der Waals surface area contributed by atoms with Crippen LogP contribution in [0.3, 0.4) is 0 Å². The van der Waals surface area contributed by atoms with Crippen LogP contribution in [0.4, 0.5) is 0 Å². The molecule has 144 valence electrons. The lowest BCUT2D eigenvalue weighted by molar-refractivity contribution is -0.131. The average molecular weight is 411 g/mol. The molecule has 2 rings (SSSR count). The molecular weight excluding hydrogens is 392 g/mol. The van der Waals surface area contributed by atoms with Crippen molar-refractivity contribution in [3.8, 4) is 5.75 Å². The fourth-order valence-corrected chi connectivity index (χ4v) is 3.22. The van der Waals surface area contributed by atoms with E-state index in [9.17, 15) is 18.0 Å². The minimum absolute atomic E-state index is 0.0447. The Labute approximate surface area is 162 Å². The van der Waals surface area contributed by atoms with Gasteiger partial charge in [-0.2, -0.15) is 0 Å². The molecular formula is C19H19ClO6S. The minimum Gasteiger partial charge on any atom is -0.462 e. The topological polar surface area (TPSA) is 86.7 Å². The largest absolute Gasteiger partial charge is 0.462 e. The molecule has 0 spiro atoms. The zero-order valence-electron chi connectivity index (χ0n) is 14.9. The standard InChI is InChI=1S/C19H19ClO6S/c1-3-25-19(22)17-12-15(8-11-18(17)26-13(2)21)5-4-14-6-9-16(10-7-14)27(20,23)24/h6-12H,3-5H2,1-2H3. The molecule has 0 unspecified atom stereocenters. The van der Waals surface area contributed by atoms with E-state index in [1.807, 2.05) is 0 Å². The molecule has 0 aliphatic rings. The van der Waals surface area contributed by atoms with E-state index in [0.717, 1.165) is 11.1 Å². The highest BCUT2D eigenvalue weighted by molar-refractivity contribution is 8.13. The van der Waals surface area contributed by atoms with Crippen LogP contribution < -0.4 is 4.74 Å². The Balaban J connectivity index is 2.17. The monoisotopic (exact) mass is 410 g/mol. The van der Waals surface area contributed by atoms with Crippen LogP contribution in [-0.2, 0) is 31.4 Å². The maximum Gasteiger partial charge on any atom is 0.341 e. The molecule has 6 nitrogen and oxygen atoms in total. The number of carbonyl (C=O) groups excluding carboxylic acids is 2. The number of ether oxygens (including phenoxy) is 2. The van der Waals surface area contributed by atoms with Gasteiger partial charge < -0.3 is 9.47 Å². The molecule has 0 fully saturated rings. The number of hydrogen-bond acceptors (Lipinski definition) is 6. The lowest BCUT2D eigenvalue weighted by atomic mass is 10.0. The van der Waals surface area contributed by atoms with E-state index in [1.54, 1.807) is 37.3 Å². The predicted octanol–water partition coefficient (Wildman–Crippen LogP) is 3.50. The summed E-state index contributed by atoms with van der Waals surface area (Å²) in [7, 11) is 1.56. The zero-order valence-corrected chi connectivity index (χ0v) is 16.5. The summed E-state index contributed by atoms with van der Waals surface area (Å²) in [6, 6.07) is 11.2. The third kappa shape index (κ3) is 6.08. The summed E-state index contributed by atoms with van der Waals surface area (Å²) in [4.78, 5) is 23.4. The SMILES string of the molecule is CCOC(=O)c1cc(CCc2ccc(S(=O)(=O)Cl)cc2)ccc1OC(C)=O. The quantitative estimate of drug-likeness (QED) is 0.394. The lowest BCUT2D eigenvalue weighted by Crippen LogP contribution is -2.11. The van der Waals surface area contributed by atoms with E-state index in [-0.39, 0.29) is 22.8 Å². The fourth-order valence-electron chi connectivity index (χ4n) is 2.45. The molecule has 0 amide bonds. The molecule has 0 saturated heterocycles. The Bertz CT molecular complexity index is 935. The van der Waals surface area contributed by atoms with Crippen molar-refractivity contribution >= 4 is 31.7 Å². The van der Waals surface area contributed by atoms with Gasteiger partial charge in [-0.3, -0.25) is 4.79 Å². The summed E-state index contributed by atoms with van der Waals surface area (Å²) >= 11 is 0. The van der Waals surface area contributed by atoms with Gasteiger partial charge in [0, 0.05) is 17.6 Å². The van der Waals surface area contributed by atoms with E-state index in [0.29, 0.717) is 12.8 Å². The number of aryl methyl sites for hydroxylation is 2. The summed E-state index contributed by atoms with van der Waals surface area (Å²) in [5.41, 5.74) is 1.96. The minimum atomic E-state index is -3.74. The third-order valence-corrected chi connectivity index (χ3v) is 5.07. The molecule has 0 heterocycles. The van der Waals surface area contributed by atoms with Gasteiger partial charge in [0.1, 0.15) is 11.3 Å². The van der Waals surface area contributed by atoms with Crippen molar-refractivity contribution < 1.29 is 27.5 Å². The van der Waals surface area contributed by atoms with E-state index in [4.69, 9.17) is 20.2 Å². The van der Waals surface area contributed by atoms with Crippen molar-refractivity contribution in [2.75, 3.05) is 6.61 Å². The Morgan fingerprint density at radius 3 is 2.15 bits per heavy atom. The van der Waals surface area contributed by atoms with Gasteiger partial charge in [0.2, 0.25) is 0 Å². The van der Waals surface area contributed by atoms with Gasteiger partial charge in [-0.25, -0.2) is 13.2 Å². The van der Waals surface area contributed by atoms with Gasteiger partial charge >= 0.3 is 11.9 Å². The summed E-state index contributed by atoms with van der Waals surface area (Å²) in [6.45, 7) is 3.16. The normalized spacial score (nSPS) is 11.1. The van der Waals surface area contributed by atoms with Gasteiger partial charge in [-0.1, -0.05) is 18.2 Å². The van der Waals surface area contributed by atoms with E-state index in [2.05, 4.69) is 0 Å². The second-order valence-electron chi connectivity index (χ2n) is 5.73. The summed E-state index contributed by atoms with van der Waals surface area (Å²) in [5, 5.41) is 0. The Morgan fingerprint density at radius 1 is 1.00 bits per heavy atom. The maximum atomic E-state index is 12.1. The molecule has 0 saturated carbocycles. The van der Waals surface area contributed by atoms with Gasteiger partial charge in [-0.15, -0.1) is 0 Å². The molecule has 27 heavy (non-hydrogen) atoms. The van der Waals surface area contributed by atoms with E-state index < -0.39 is 21.0 Å². The highest BCUT2D eigenvalue weighted by Gasteiger charge is 2.16. The summed E-state index contributed by atoms with van der Waals surface area (Å²) in [6.07, 6.45) is 1.22. The Kier molecular flexibility index (Phi) is 6.98. The van der Waals surface area contributed by atoms with Gasteiger partial charge in [0.25, 0.3) is 9.05 Å². The molecule has 0 aliphatic heterocycles. The Hall–Kier alpha value is -2.38. The van der Waals surface area contributed by atoms with Gasteiger partial charge in [0.05, 0.1) is 11.5 Å². The molecule has 0 aromatic heterocycles. The number of carbonyl (C=O) groups is 2. The highest BCUT2D eigenvalue weighted by Crippen LogP contribution is 2.23. The average Bonchev–Trinajstić information content (AvgIpc) is 2.60. The van der Waals surface area contributed by atoms with Crippen molar-refractivity contribution in [3.05, 3.63) is 59.2 Å². The first kappa shape index (κ1) is 20.9. The number of esters is 2. The number of rotatable bonds is 7. The summed E-state index contributed by atoms with van der Waals surface area (Å²) < 4.78 is 32.6. The van der Waals surface area contributed by atoms with E-state index >= 15 is 0 Å². The summed E-state index contributed by atoms with van der Waals surface area (Å²) in [5.74, 6) is -0.934. The molecule has 2 aromatic rings. The van der Waals surface area contributed by atoms with Crippen LogP contribution in [0.25, 0.3) is 0 Å². The molecule has 0 radical (unpaired) electrons. The highest BCUT2D eigenvalue weighted by atomic mass is 35.7. The third-order valence-electron chi connectivity index (χ3n) is 3.70. The van der Waals surface area contributed by atoms with Crippen molar-refractivity contribution in [1.29, 1.82) is 0 Å². The van der Waals surface area contributed by atoms with Crippen LogP contribution in [0.1, 0.15) is 35.3 Å². The first-order valence-corrected chi connectivity index (χ1v) is 10.5. The molecule has 8 heteroatoms. The smallest absolute Gasteiger partial charge is 0.341 e. The zero-order chi connectivity index (χ0) is 20.0. The van der Waals surface area contributed by atoms with Crippen LogP contribution in [0.2, 0.25) is 0 Å². The van der Waals surface area contributed by atoms with Crippen molar-refractivity contribution in [1.82, 2.24) is 0 Å². The number of benzene rings is 2. The van der Waals surface area contributed by atoms with Gasteiger partial charge in [0.15, 0.2) is 0 Å². The second kappa shape index (κ2) is 9.01. The van der Waals surface area contributed by atoms with Crippen LogP contribution in [-0.4, -0.2) is 27.0 Å². The number of hydrogen-bond donors (Lipinski definition) is 0. The molecule has 0 aliphatic carbocycles. The predicted molar refractivity (Wildman–Crippen MR) is 101 cm³/mol. The maximum absolute atomic E-state index is 12.1. The molecule has 0 bridgehead atoms. The van der Waals surface area contributed by atoms with Crippen LogP contribution >= 0.6 is 10.7 Å². The van der Waals surface area contributed by atoms with Crippen LogP contribution in [0.5, 0.6) is 5.75 Å². The van der Waals surface area contributed by atoms with Gasteiger partial charge in [-0.05, 0) is 55.2 Å². The van der Waals surface area contributed by atoms with E-state index in [1.165, 1.54) is 19.1 Å².